The van der Waals surface area contributed by atoms with Gasteiger partial charge in [-0.1, -0.05) is 20.3 Å². The molecule has 8 N–H and O–H groups in total. The quantitative estimate of drug-likeness (QED) is 0.243. The second-order valence-corrected chi connectivity index (χ2v) is 2.90. The minimum Gasteiger partial charge on any atom is -0.253 e. The Hall–Kier alpha value is -0.240. The van der Waals surface area contributed by atoms with Gasteiger partial charge in [0.15, 0.2) is 0 Å². The van der Waals surface area contributed by atoms with E-state index in [9.17, 15) is 0 Å². The average molecular weight is 176 g/mol. The molecule has 74 valence electrons. The van der Waals surface area contributed by atoms with Gasteiger partial charge in [-0.15, -0.1) is 0 Å². The van der Waals surface area contributed by atoms with Crippen molar-refractivity contribution in [2.75, 3.05) is 0 Å². The van der Waals surface area contributed by atoms with Crippen LogP contribution in [0.4, 0.5) is 0 Å². The molecule has 0 aliphatic carbocycles. The topological polar surface area (TPSA) is 111 Å². The van der Waals surface area contributed by atoms with E-state index in [4.69, 9.17) is 23.4 Å². The SMILES string of the molecule is CCCC(CC)(N(N)N)N(N)N. The van der Waals surface area contributed by atoms with E-state index < -0.39 is 5.66 Å². The maximum atomic E-state index is 5.48. The Bertz CT molecular complexity index is 115. The molecule has 0 amide bonds. The van der Waals surface area contributed by atoms with Crippen LogP contribution in [-0.4, -0.2) is 15.9 Å². The van der Waals surface area contributed by atoms with E-state index in [0.717, 1.165) is 23.1 Å². The molecule has 0 unspecified atom stereocenters. The Labute approximate surface area is 73.3 Å². The van der Waals surface area contributed by atoms with Gasteiger partial charge in [0, 0.05) is 0 Å². The minimum absolute atomic E-state index is 0.630. The van der Waals surface area contributed by atoms with Crippen LogP contribution in [0.2, 0.25) is 0 Å². The number of nitrogens with zero attached hydrogens (tertiary/aromatic N) is 2. The summed E-state index contributed by atoms with van der Waals surface area (Å²) in [5.41, 5.74) is -0.630. The van der Waals surface area contributed by atoms with Crippen LogP contribution in [0.15, 0.2) is 0 Å². The Kier molecular flexibility index (Phi) is 4.61. The van der Waals surface area contributed by atoms with Crippen LogP contribution in [0.25, 0.3) is 0 Å². The number of rotatable bonds is 5. The Morgan fingerprint density at radius 1 is 1.00 bits per heavy atom. The Morgan fingerprint density at radius 2 is 1.42 bits per heavy atom. The van der Waals surface area contributed by atoms with E-state index in [0.29, 0.717) is 6.42 Å². The summed E-state index contributed by atoms with van der Waals surface area (Å²) in [6, 6.07) is 0. The first-order valence-electron chi connectivity index (χ1n) is 4.10. The van der Waals surface area contributed by atoms with Crippen molar-refractivity contribution in [1.82, 2.24) is 10.2 Å². The number of hydrogen-bond donors (Lipinski definition) is 4. The predicted molar refractivity (Wildman–Crippen MR) is 48.4 cm³/mol. The van der Waals surface area contributed by atoms with Crippen molar-refractivity contribution in [3.63, 3.8) is 0 Å². The van der Waals surface area contributed by atoms with Gasteiger partial charge in [-0.3, -0.25) is 23.4 Å². The van der Waals surface area contributed by atoms with Gasteiger partial charge in [0.05, 0.1) is 0 Å². The highest BCUT2D eigenvalue weighted by Gasteiger charge is 2.35. The molecule has 0 atom stereocenters. The molecule has 0 fully saturated rings. The van der Waals surface area contributed by atoms with Crippen molar-refractivity contribution >= 4 is 0 Å². The number of hydrogen-bond acceptors (Lipinski definition) is 6. The molecule has 6 heteroatoms. The molecule has 0 aliphatic rings. The number of hydrazine groups is 4. The van der Waals surface area contributed by atoms with E-state index >= 15 is 0 Å². The lowest BCUT2D eigenvalue weighted by atomic mass is 10.0. The van der Waals surface area contributed by atoms with Crippen molar-refractivity contribution < 1.29 is 0 Å². The third-order valence-corrected chi connectivity index (χ3v) is 2.18. The third-order valence-electron chi connectivity index (χ3n) is 2.18. The minimum atomic E-state index is -0.630. The van der Waals surface area contributed by atoms with Gasteiger partial charge in [0.25, 0.3) is 0 Å². The first kappa shape index (κ1) is 11.8. The molecule has 0 spiro atoms. The van der Waals surface area contributed by atoms with Crippen molar-refractivity contribution in [1.29, 1.82) is 0 Å². The molecule has 0 radical (unpaired) electrons. The summed E-state index contributed by atoms with van der Waals surface area (Å²) in [7, 11) is 0. The molecule has 0 aromatic carbocycles. The molecule has 0 aromatic heterocycles. The first-order chi connectivity index (χ1) is 5.51. The maximum Gasteiger partial charge on any atom is 0.129 e. The summed E-state index contributed by atoms with van der Waals surface area (Å²) in [6.45, 7) is 3.96. The lowest BCUT2D eigenvalue weighted by Gasteiger charge is -2.41. The maximum absolute atomic E-state index is 5.48. The van der Waals surface area contributed by atoms with E-state index in [2.05, 4.69) is 0 Å². The summed E-state index contributed by atoms with van der Waals surface area (Å²) in [5.74, 6) is 21.9. The smallest absolute Gasteiger partial charge is 0.129 e. The van der Waals surface area contributed by atoms with Crippen LogP contribution < -0.4 is 23.4 Å². The van der Waals surface area contributed by atoms with Crippen molar-refractivity contribution in [2.24, 2.45) is 23.4 Å². The zero-order valence-corrected chi connectivity index (χ0v) is 7.83. The second kappa shape index (κ2) is 4.70. The summed E-state index contributed by atoms with van der Waals surface area (Å²) in [6.07, 6.45) is 2.34. The summed E-state index contributed by atoms with van der Waals surface area (Å²) >= 11 is 0. The van der Waals surface area contributed by atoms with E-state index in [1.807, 2.05) is 13.8 Å². The summed E-state index contributed by atoms with van der Waals surface area (Å²) in [5, 5.41) is 2.16. The van der Waals surface area contributed by atoms with E-state index in [-0.39, 0.29) is 0 Å². The highest BCUT2D eigenvalue weighted by atomic mass is 15.8. The standard InChI is InChI=1S/C6H20N6/c1-3-5-6(4-2,11(7)8)12(9)10/h3-5,7-10H2,1-2H3. The summed E-state index contributed by atoms with van der Waals surface area (Å²) < 4.78 is 0. The first-order valence-corrected chi connectivity index (χ1v) is 4.10. The van der Waals surface area contributed by atoms with E-state index in [1.165, 1.54) is 0 Å². The number of nitrogens with two attached hydrogens (primary N) is 4. The van der Waals surface area contributed by atoms with Crippen LogP contribution >= 0.6 is 0 Å². The lowest BCUT2D eigenvalue weighted by Crippen LogP contribution is -2.70. The van der Waals surface area contributed by atoms with Gasteiger partial charge in [-0.05, 0) is 12.8 Å². The largest absolute Gasteiger partial charge is 0.253 e. The molecule has 0 saturated carbocycles. The van der Waals surface area contributed by atoms with Crippen molar-refractivity contribution in [2.45, 2.75) is 38.8 Å². The normalized spacial score (nSPS) is 13.0. The zero-order valence-electron chi connectivity index (χ0n) is 7.83. The zero-order chi connectivity index (χ0) is 9.78. The molecule has 12 heavy (non-hydrogen) atoms. The third kappa shape index (κ3) is 2.13. The molecular formula is C6H20N6. The molecule has 0 bridgehead atoms. The van der Waals surface area contributed by atoms with Gasteiger partial charge < -0.3 is 0 Å². The highest BCUT2D eigenvalue weighted by Crippen LogP contribution is 2.20. The average Bonchev–Trinajstić information content (AvgIpc) is 1.98. The lowest BCUT2D eigenvalue weighted by molar-refractivity contribution is -0.0767. The summed E-state index contributed by atoms with van der Waals surface area (Å²) in [4.78, 5) is 0. The van der Waals surface area contributed by atoms with Crippen LogP contribution in [0.3, 0.4) is 0 Å². The van der Waals surface area contributed by atoms with E-state index in [1.54, 1.807) is 0 Å². The Balaban J connectivity index is 4.51. The van der Waals surface area contributed by atoms with Gasteiger partial charge in [0.2, 0.25) is 0 Å². The molecule has 0 aromatic rings. The fraction of sp³-hybridized carbons (Fsp3) is 1.00. The van der Waals surface area contributed by atoms with Crippen LogP contribution in [0, 0.1) is 0 Å². The van der Waals surface area contributed by atoms with Crippen LogP contribution in [0.5, 0.6) is 0 Å². The molecule has 0 saturated heterocycles. The fourth-order valence-electron chi connectivity index (χ4n) is 1.33. The van der Waals surface area contributed by atoms with Crippen molar-refractivity contribution in [3.05, 3.63) is 0 Å². The second-order valence-electron chi connectivity index (χ2n) is 2.90. The van der Waals surface area contributed by atoms with Gasteiger partial charge >= 0.3 is 0 Å². The molecule has 0 aliphatic heterocycles. The van der Waals surface area contributed by atoms with Crippen LogP contribution in [-0.2, 0) is 0 Å². The van der Waals surface area contributed by atoms with Gasteiger partial charge in [0.1, 0.15) is 5.66 Å². The molecule has 6 nitrogen and oxygen atoms in total. The fourth-order valence-corrected chi connectivity index (χ4v) is 1.33. The monoisotopic (exact) mass is 176 g/mol. The van der Waals surface area contributed by atoms with Crippen molar-refractivity contribution in [3.8, 4) is 0 Å². The van der Waals surface area contributed by atoms with Gasteiger partial charge in [-0.25, -0.2) is 0 Å². The predicted octanol–water partition coefficient (Wildman–Crippen LogP) is -1.01. The molecular weight excluding hydrogens is 156 g/mol. The van der Waals surface area contributed by atoms with Gasteiger partial charge in [-0.2, -0.15) is 10.2 Å². The Morgan fingerprint density at radius 3 is 1.50 bits per heavy atom. The molecule has 0 rings (SSSR count). The van der Waals surface area contributed by atoms with Crippen LogP contribution in [0.1, 0.15) is 33.1 Å². The molecule has 0 heterocycles. The highest BCUT2D eigenvalue weighted by molar-refractivity contribution is 4.79.